The number of anilines is 4. The molecule has 4 N–H and O–H groups in total. The fourth-order valence-electron chi connectivity index (χ4n) is 9.88. The second-order valence-electron chi connectivity index (χ2n) is 18.6. The molecule has 358 valence electrons. The number of carbonyl (C=O) groups excluding carboxylic acids is 5. The Morgan fingerprint density at radius 3 is 2.20 bits per heavy atom. The summed E-state index contributed by atoms with van der Waals surface area (Å²) in [5.74, 6) is 1.06. The summed E-state index contributed by atoms with van der Waals surface area (Å²) in [6.45, 7) is 8.79. The van der Waals surface area contributed by atoms with Crippen molar-refractivity contribution in [1.29, 1.82) is 0 Å². The van der Waals surface area contributed by atoms with Crippen molar-refractivity contribution in [3.8, 4) is 17.2 Å². The third kappa shape index (κ3) is 9.90. The van der Waals surface area contributed by atoms with Crippen molar-refractivity contribution in [3.63, 3.8) is 0 Å². The number of fused-ring (bicyclic) bond motifs is 2. The Hall–Kier alpha value is -7.18. The SMILES string of the molecule is COc1cc2c(Oc3ccc(NC(=O)C4(C(=O)Nc5ccc(F)cc5)CC4)cc3)ccnc2cc1N1CCC(CN2CCN(CCNc3ccc4c(n3)CN(C3CCC(=O)NC3=O)C4=O)CC2)CC1. The van der Waals surface area contributed by atoms with Gasteiger partial charge in [0, 0.05) is 88.3 Å². The third-order valence-electron chi connectivity index (χ3n) is 14.1. The molecule has 0 radical (unpaired) electrons. The van der Waals surface area contributed by atoms with Crippen LogP contribution in [0.5, 0.6) is 17.2 Å². The zero-order chi connectivity index (χ0) is 47.6. The van der Waals surface area contributed by atoms with Crippen LogP contribution in [0.3, 0.4) is 0 Å². The lowest BCUT2D eigenvalue weighted by atomic mass is 9.95. The molecule has 1 atom stereocenters. The zero-order valence-corrected chi connectivity index (χ0v) is 38.5. The number of piperazine rings is 1. The number of aromatic nitrogens is 2. The summed E-state index contributed by atoms with van der Waals surface area (Å²) >= 11 is 0. The number of benzene rings is 3. The van der Waals surface area contributed by atoms with Crippen LogP contribution in [0.25, 0.3) is 10.9 Å². The van der Waals surface area contributed by atoms with Crippen LogP contribution in [-0.4, -0.2) is 126 Å². The average Bonchev–Trinajstić information content (AvgIpc) is 4.12. The number of methoxy groups -OCH3 is 1. The lowest BCUT2D eigenvalue weighted by Gasteiger charge is -2.39. The third-order valence-corrected chi connectivity index (χ3v) is 14.1. The van der Waals surface area contributed by atoms with Gasteiger partial charge in [0.15, 0.2) is 0 Å². The molecule has 4 fully saturated rings. The fourth-order valence-corrected chi connectivity index (χ4v) is 9.88. The van der Waals surface area contributed by atoms with Crippen LogP contribution in [0.15, 0.2) is 85.1 Å². The first-order valence-corrected chi connectivity index (χ1v) is 23.7. The standard InChI is InChI=1S/C51H55FN10O7/c1-68-44-28-38-39(53-19-14-43(38)69-36-8-6-35(7-9-36)56-50(67)51(17-18-51)49(66)55-34-4-2-33(52)3-5-34)29-42(44)61-21-15-32(16-22-61)30-60-26-24-59(25-27-60)23-20-54-45-12-10-37-40(57-45)31-62(48(37)65)41-11-13-46(63)58-47(41)64/h2-10,12,14,19,28-29,32,41H,11,13,15-18,20-27,30-31H2,1H3,(H,54,57)(H,55,66)(H,56,67)(H,58,63,64). The summed E-state index contributed by atoms with van der Waals surface area (Å²) in [5, 5.41) is 12.2. The molecule has 5 aromatic rings. The van der Waals surface area contributed by atoms with Crippen molar-refractivity contribution in [1.82, 2.24) is 30.0 Å². The predicted molar refractivity (Wildman–Crippen MR) is 257 cm³/mol. The van der Waals surface area contributed by atoms with Gasteiger partial charge in [0.2, 0.25) is 23.6 Å². The van der Waals surface area contributed by atoms with Crippen molar-refractivity contribution < 1.29 is 37.8 Å². The highest BCUT2D eigenvalue weighted by atomic mass is 19.1. The van der Waals surface area contributed by atoms with E-state index in [0.717, 1.165) is 94.1 Å². The van der Waals surface area contributed by atoms with E-state index in [2.05, 4.69) is 42.0 Å². The molecule has 1 aliphatic carbocycles. The molecule has 10 rings (SSSR count). The van der Waals surface area contributed by atoms with Gasteiger partial charge >= 0.3 is 0 Å². The lowest BCUT2D eigenvalue weighted by Crippen LogP contribution is -2.52. The summed E-state index contributed by atoms with van der Waals surface area (Å²) in [6, 6.07) is 21.2. The van der Waals surface area contributed by atoms with Gasteiger partial charge in [-0.25, -0.2) is 9.37 Å². The zero-order valence-electron chi connectivity index (χ0n) is 38.5. The molecule has 2 aromatic heterocycles. The Morgan fingerprint density at radius 1 is 0.826 bits per heavy atom. The van der Waals surface area contributed by atoms with Gasteiger partial charge < -0.3 is 40.1 Å². The van der Waals surface area contributed by atoms with Crippen molar-refractivity contribution in [3.05, 3.63) is 102 Å². The van der Waals surface area contributed by atoms with Crippen LogP contribution in [0.1, 0.15) is 54.6 Å². The van der Waals surface area contributed by atoms with E-state index in [1.54, 1.807) is 43.6 Å². The molecule has 69 heavy (non-hydrogen) atoms. The Labute approximate surface area is 398 Å². The summed E-state index contributed by atoms with van der Waals surface area (Å²) < 4.78 is 25.6. The van der Waals surface area contributed by atoms with E-state index in [1.165, 1.54) is 29.2 Å². The van der Waals surface area contributed by atoms with Crippen molar-refractivity contribution in [2.75, 3.05) is 86.9 Å². The Morgan fingerprint density at radius 2 is 1.52 bits per heavy atom. The van der Waals surface area contributed by atoms with Gasteiger partial charge in [-0.05, 0) is 117 Å². The molecule has 18 heteroatoms. The highest BCUT2D eigenvalue weighted by Crippen LogP contribution is 2.48. The lowest BCUT2D eigenvalue weighted by molar-refractivity contribution is -0.137. The maximum Gasteiger partial charge on any atom is 0.256 e. The van der Waals surface area contributed by atoms with E-state index in [9.17, 15) is 28.4 Å². The Kier molecular flexibility index (Phi) is 12.8. The van der Waals surface area contributed by atoms with Gasteiger partial charge in [-0.15, -0.1) is 0 Å². The maximum atomic E-state index is 13.3. The van der Waals surface area contributed by atoms with E-state index in [0.29, 0.717) is 65.1 Å². The average molecular weight is 939 g/mol. The minimum Gasteiger partial charge on any atom is -0.495 e. The number of pyridine rings is 2. The smallest absolute Gasteiger partial charge is 0.256 e. The van der Waals surface area contributed by atoms with Crippen LogP contribution >= 0.6 is 0 Å². The number of ether oxygens (including phenoxy) is 2. The molecule has 6 heterocycles. The van der Waals surface area contributed by atoms with Crippen LogP contribution < -0.4 is 35.6 Å². The number of rotatable bonds is 15. The van der Waals surface area contributed by atoms with E-state index >= 15 is 0 Å². The quantitative estimate of drug-likeness (QED) is 0.0747. The molecule has 5 amide bonds. The van der Waals surface area contributed by atoms with Crippen molar-refractivity contribution in [2.24, 2.45) is 11.3 Å². The van der Waals surface area contributed by atoms with Crippen LogP contribution in [0, 0.1) is 17.2 Å². The number of nitrogens with zero attached hydrogens (tertiary/aromatic N) is 6. The first-order valence-electron chi connectivity index (χ1n) is 23.7. The topological polar surface area (TPSA) is 191 Å². The number of hydrogen-bond donors (Lipinski definition) is 4. The van der Waals surface area contributed by atoms with E-state index < -0.39 is 35.0 Å². The number of nitrogens with one attached hydrogen (secondary N) is 4. The van der Waals surface area contributed by atoms with E-state index in [-0.39, 0.29) is 24.8 Å². The fraction of sp³-hybridized carbons (Fsp3) is 0.392. The predicted octanol–water partition coefficient (Wildman–Crippen LogP) is 5.63. The van der Waals surface area contributed by atoms with Crippen molar-refractivity contribution in [2.45, 2.75) is 51.1 Å². The largest absolute Gasteiger partial charge is 0.495 e. The monoisotopic (exact) mass is 938 g/mol. The van der Waals surface area contributed by atoms with Gasteiger partial charge in [0.05, 0.1) is 36.1 Å². The molecular formula is C51H55FN10O7. The normalized spacial score (nSPS) is 19.5. The number of halogens is 1. The molecular weight excluding hydrogens is 884 g/mol. The Bertz CT molecular complexity index is 2770. The summed E-state index contributed by atoms with van der Waals surface area (Å²) in [4.78, 5) is 81.7. The van der Waals surface area contributed by atoms with Gasteiger partial charge in [0.25, 0.3) is 5.91 Å². The molecule has 4 aliphatic heterocycles. The summed E-state index contributed by atoms with van der Waals surface area (Å²) in [6.07, 6.45) is 5.28. The molecule has 5 aliphatic rings. The van der Waals surface area contributed by atoms with E-state index in [4.69, 9.17) is 19.4 Å². The number of amides is 5. The molecule has 1 saturated carbocycles. The minimum absolute atomic E-state index is 0.219. The van der Waals surface area contributed by atoms with E-state index in [1.807, 2.05) is 18.2 Å². The maximum absolute atomic E-state index is 13.3. The Balaban J connectivity index is 0.669. The van der Waals surface area contributed by atoms with Gasteiger partial charge in [-0.1, -0.05) is 0 Å². The molecule has 3 saturated heterocycles. The minimum atomic E-state index is -1.17. The molecule has 0 spiro atoms. The number of imide groups is 1. The highest BCUT2D eigenvalue weighted by Gasteiger charge is 2.56. The van der Waals surface area contributed by atoms with Crippen molar-refractivity contribution >= 4 is 63.3 Å². The van der Waals surface area contributed by atoms with Gasteiger partial charge in [0.1, 0.15) is 40.3 Å². The summed E-state index contributed by atoms with van der Waals surface area (Å²) in [5.41, 5.74) is 2.74. The highest BCUT2D eigenvalue weighted by molar-refractivity contribution is 6.17. The molecule has 1 unspecified atom stereocenters. The van der Waals surface area contributed by atoms with Gasteiger partial charge in [-0.3, -0.25) is 39.2 Å². The summed E-state index contributed by atoms with van der Waals surface area (Å²) in [7, 11) is 1.68. The van der Waals surface area contributed by atoms with Crippen LogP contribution in [-0.2, 0) is 25.7 Å². The van der Waals surface area contributed by atoms with Crippen LogP contribution in [0.4, 0.5) is 27.3 Å². The van der Waals surface area contributed by atoms with Crippen LogP contribution in [0.2, 0.25) is 0 Å². The number of carbonyl (C=O) groups is 5. The second-order valence-corrected chi connectivity index (χ2v) is 18.6. The number of hydrogen-bond acceptors (Lipinski definition) is 13. The molecule has 0 bridgehead atoms. The first-order chi connectivity index (χ1) is 33.5. The number of piperidine rings is 2. The molecule has 17 nitrogen and oxygen atoms in total. The first kappa shape index (κ1) is 45.6. The van der Waals surface area contributed by atoms with Gasteiger partial charge in [-0.2, -0.15) is 0 Å². The molecule has 3 aromatic carbocycles. The second kappa shape index (κ2) is 19.4.